The van der Waals surface area contributed by atoms with Crippen LogP contribution in [-0.2, 0) is 4.79 Å². The number of nitrogens with two attached hydrogens (primary N) is 1. The predicted octanol–water partition coefficient (Wildman–Crippen LogP) is 3.36. The van der Waals surface area contributed by atoms with Crippen molar-refractivity contribution in [1.29, 1.82) is 0 Å². The smallest absolute Gasteiger partial charge is 0.231 e. The van der Waals surface area contributed by atoms with Gasteiger partial charge in [0.2, 0.25) is 5.91 Å². The van der Waals surface area contributed by atoms with Crippen LogP contribution in [0, 0.1) is 11.2 Å². The summed E-state index contributed by atoms with van der Waals surface area (Å²) in [5, 5.41) is 2.92. The van der Waals surface area contributed by atoms with E-state index in [2.05, 4.69) is 5.32 Å². The number of hydrogen-bond donors (Lipinski definition) is 2. The van der Waals surface area contributed by atoms with Crippen LogP contribution in [0.1, 0.15) is 25.7 Å². The molecule has 2 rings (SSSR count). The van der Waals surface area contributed by atoms with Gasteiger partial charge in [0.25, 0.3) is 0 Å². The Labute approximate surface area is 123 Å². The molecule has 1 aliphatic carbocycles. The zero-order chi connectivity index (χ0) is 13.2. The van der Waals surface area contributed by atoms with Crippen LogP contribution in [0.4, 0.5) is 10.1 Å². The van der Waals surface area contributed by atoms with Crippen LogP contribution >= 0.6 is 24.0 Å². The summed E-state index contributed by atoms with van der Waals surface area (Å²) in [7, 11) is 0. The van der Waals surface area contributed by atoms with Gasteiger partial charge in [-0.15, -0.1) is 12.4 Å². The Morgan fingerprint density at radius 2 is 2.05 bits per heavy atom. The summed E-state index contributed by atoms with van der Waals surface area (Å²) in [6.45, 7) is 0.300. The molecule has 0 aliphatic heterocycles. The lowest BCUT2D eigenvalue weighted by Crippen LogP contribution is -2.40. The van der Waals surface area contributed by atoms with Crippen molar-refractivity contribution in [3.63, 3.8) is 0 Å². The molecule has 0 heterocycles. The minimum absolute atomic E-state index is 0. The van der Waals surface area contributed by atoms with Crippen LogP contribution in [0.5, 0.6) is 0 Å². The van der Waals surface area contributed by atoms with Crippen LogP contribution in [-0.4, -0.2) is 12.5 Å². The lowest BCUT2D eigenvalue weighted by Gasteiger charge is -2.25. The van der Waals surface area contributed by atoms with Crippen molar-refractivity contribution in [1.82, 2.24) is 0 Å². The first-order valence-corrected chi connectivity index (χ1v) is 6.42. The lowest BCUT2D eigenvalue weighted by molar-refractivity contribution is -0.124. The Balaban J connectivity index is 0.00000180. The lowest BCUT2D eigenvalue weighted by atomic mass is 9.85. The van der Waals surface area contributed by atoms with Gasteiger partial charge >= 0.3 is 0 Å². The molecule has 6 heteroatoms. The monoisotopic (exact) mass is 306 g/mol. The summed E-state index contributed by atoms with van der Waals surface area (Å²) in [5.41, 5.74) is 5.33. The third kappa shape index (κ3) is 3.38. The average Bonchev–Trinajstić information content (AvgIpc) is 2.82. The molecule has 1 aromatic rings. The van der Waals surface area contributed by atoms with Gasteiger partial charge in [-0.05, 0) is 31.0 Å². The van der Waals surface area contributed by atoms with Gasteiger partial charge in [-0.1, -0.05) is 24.4 Å². The number of carbonyl (C=O) groups excluding carboxylic acids is 1. The Bertz CT molecular complexity index is 462. The van der Waals surface area contributed by atoms with E-state index in [1.54, 1.807) is 6.07 Å². The minimum atomic E-state index is -0.536. The molecular weight excluding hydrogens is 290 g/mol. The molecule has 1 aromatic carbocycles. The number of halogens is 3. The second kappa shape index (κ2) is 6.55. The SMILES string of the molecule is Cl.NCC1(C(=O)Nc2ccc(Cl)cc2F)CCCC1. The van der Waals surface area contributed by atoms with E-state index in [9.17, 15) is 9.18 Å². The zero-order valence-electron chi connectivity index (χ0n) is 10.4. The Kier molecular flexibility index (Phi) is 5.59. The van der Waals surface area contributed by atoms with Gasteiger partial charge in [0.1, 0.15) is 5.82 Å². The van der Waals surface area contributed by atoms with E-state index in [1.165, 1.54) is 12.1 Å². The van der Waals surface area contributed by atoms with Crippen LogP contribution in [0.25, 0.3) is 0 Å². The number of rotatable bonds is 3. The van der Waals surface area contributed by atoms with Crippen LogP contribution < -0.4 is 11.1 Å². The molecule has 0 unspecified atom stereocenters. The summed E-state index contributed by atoms with van der Waals surface area (Å²) in [5.74, 6) is -0.718. The Morgan fingerprint density at radius 3 is 2.58 bits per heavy atom. The molecule has 1 amide bonds. The van der Waals surface area contributed by atoms with Crippen molar-refractivity contribution < 1.29 is 9.18 Å². The number of anilines is 1. The molecule has 0 bridgehead atoms. The summed E-state index contributed by atoms with van der Waals surface area (Å²) in [4.78, 5) is 12.2. The average molecular weight is 307 g/mol. The molecule has 19 heavy (non-hydrogen) atoms. The van der Waals surface area contributed by atoms with Gasteiger partial charge in [0.05, 0.1) is 11.1 Å². The van der Waals surface area contributed by atoms with Gasteiger partial charge in [0, 0.05) is 11.6 Å². The van der Waals surface area contributed by atoms with Gasteiger partial charge in [-0.25, -0.2) is 4.39 Å². The van der Waals surface area contributed by atoms with Crippen molar-refractivity contribution in [2.24, 2.45) is 11.1 Å². The maximum Gasteiger partial charge on any atom is 0.231 e. The third-order valence-corrected chi connectivity index (χ3v) is 3.85. The maximum atomic E-state index is 13.6. The molecule has 1 fully saturated rings. The van der Waals surface area contributed by atoms with E-state index >= 15 is 0 Å². The number of amides is 1. The fraction of sp³-hybridized carbons (Fsp3) is 0.462. The highest BCUT2D eigenvalue weighted by Crippen LogP contribution is 2.38. The maximum absolute atomic E-state index is 13.6. The number of benzene rings is 1. The van der Waals surface area contributed by atoms with E-state index < -0.39 is 11.2 Å². The molecule has 3 N–H and O–H groups in total. The molecule has 1 saturated carbocycles. The molecule has 106 valence electrons. The molecule has 0 radical (unpaired) electrons. The van der Waals surface area contributed by atoms with Crippen LogP contribution in [0.15, 0.2) is 18.2 Å². The Morgan fingerprint density at radius 1 is 1.42 bits per heavy atom. The number of hydrogen-bond acceptors (Lipinski definition) is 2. The standard InChI is InChI=1S/C13H16ClFN2O.ClH/c14-9-3-4-11(10(15)7-9)17-12(18)13(8-16)5-1-2-6-13;/h3-4,7H,1-2,5-6,8,16H2,(H,17,18);1H. The highest BCUT2D eigenvalue weighted by Gasteiger charge is 2.39. The topological polar surface area (TPSA) is 55.1 Å². The normalized spacial score (nSPS) is 16.8. The minimum Gasteiger partial charge on any atom is -0.329 e. The summed E-state index contributed by atoms with van der Waals surface area (Å²) in [6.07, 6.45) is 3.52. The van der Waals surface area contributed by atoms with Crippen molar-refractivity contribution in [2.75, 3.05) is 11.9 Å². The quantitative estimate of drug-likeness (QED) is 0.899. The highest BCUT2D eigenvalue weighted by molar-refractivity contribution is 6.30. The summed E-state index contributed by atoms with van der Waals surface area (Å²) >= 11 is 5.66. The molecule has 3 nitrogen and oxygen atoms in total. The Hall–Kier alpha value is -0.840. The molecular formula is C13H17Cl2FN2O. The second-order valence-electron chi connectivity index (χ2n) is 4.77. The van der Waals surface area contributed by atoms with Crippen LogP contribution in [0.3, 0.4) is 0 Å². The zero-order valence-corrected chi connectivity index (χ0v) is 12.0. The van der Waals surface area contributed by atoms with Gasteiger partial charge in [-0.3, -0.25) is 4.79 Å². The predicted molar refractivity (Wildman–Crippen MR) is 77.2 cm³/mol. The van der Waals surface area contributed by atoms with Crippen molar-refractivity contribution in [2.45, 2.75) is 25.7 Å². The van der Waals surface area contributed by atoms with Crippen molar-refractivity contribution in [3.8, 4) is 0 Å². The molecule has 1 aliphatic rings. The number of nitrogens with one attached hydrogen (secondary N) is 1. The van der Waals surface area contributed by atoms with E-state index in [0.717, 1.165) is 25.7 Å². The summed E-state index contributed by atoms with van der Waals surface area (Å²) < 4.78 is 13.6. The van der Waals surface area contributed by atoms with Gasteiger partial charge in [0.15, 0.2) is 0 Å². The third-order valence-electron chi connectivity index (χ3n) is 3.61. The highest BCUT2D eigenvalue weighted by atomic mass is 35.5. The summed E-state index contributed by atoms with van der Waals surface area (Å²) in [6, 6.07) is 4.19. The molecule has 0 atom stereocenters. The van der Waals surface area contributed by atoms with E-state index in [4.69, 9.17) is 17.3 Å². The van der Waals surface area contributed by atoms with Crippen molar-refractivity contribution in [3.05, 3.63) is 29.0 Å². The molecule has 0 saturated heterocycles. The van der Waals surface area contributed by atoms with E-state index in [0.29, 0.717) is 11.6 Å². The number of carbonyl (C=O) groups is 1. The second-order valence-corrected chi connectivity index (χ2v) is 5.21. The van der Waals surface area contributed by atoms with E-state index in [1.807, 2.05) is 0 Å². The van der Waals surface area contributed by atoms with Gasteiger partial charge in [-0.2, -0.15) is 0 Å². The van der Waals surface area contributed by atoms with E-state index in [-0.39, 0.29) is 24.0 Å². The molecule has 0 spiro atoms. The largest absolute Gasteiger partial charge is 0.329 e. The van der Waals surface area contributed by atoms with Crippen molar-refractivity contribution >= 4 is 35.6 Å². The fourth-order valence-corrected chi connectivity index (χ4v) is 2.58. The molecule has 0 aromatic heterocycles. The first-order valence-electron chi connectivity index (χ1n) is 6.04. The first-order chi connectivity index (χ1) is 8.57. The van der Waals surface area contributed by atoms with Gasteiger partial charge < -0.3 is 11.1 Å². The van der Waals surface area contributed by atoms with Crippen LogP contribution in [0.2, 0.25) is 5.02 Å². The first kappa shape index (κ1) is 16.2. The fourth-order valence-electron chi connectivity index (χ4n) is 2.42.